The first-order valence-electron chi connectivity index (χ1n) is 5.13. The third-order valence-electron chi connectivity index (χ3n) is 2.33. The van der Waals surface area contributed by atoms with Gasteiger partial charge in [0.2, 0.25) is 0 Å². The molecule has 0 aliphatic rings. The van der Waals surface area contributed by atoms with E-state index in [1.807, 2.05) is 6.92 Å². The smallest absolute Gasteiger partial charge is 0.336 e. The molecule has 0 heterocycles. The average molecular weight is 203 g/mol. The molecule has 4 nitrogen and oxygen atoms in total. The van der Waals surface area contributed by atoms with E-state index in [4.69, 9.17) is 5.11 Å². The van der Waals surface area contributed by atoms with Gasteiger partial charge in [-0.15, -0.1) is 0 Å². The molecule has 0 aromatic carbocycles. The Hall–Kier alpha value is -0.610. The van der Waals surface area contributed by atoms with Crippen LogP contribution in [0.4, 0.5) is 0 Å². The summed E-state index contributed by atoms with van der Waals surface area (Å²) in [5, 5.41) is 21.2. The molecule has 0 rings (SSSR count). The number of nitrogens with one attached hydrogen (secondary N) is 1. The third-order valence-corrected chi connectivity index (χ3v) is 2.33. The highest BCUT2D eigenvalue weighted by atomic mass is 16.4. The Morgan fingerprint density at radius 1 is 1.50 bits per heavy atom. The molecule has 0 aromatic heterocycles. The second-order valence-electron chi connectivity index (χ2n) is 3.85. The zero-order valence-corrected chi connectivity index (χ0v) is 9.21. The second-order valence-corrected chi connectivity index (χ2v) is 3.85. The molecule has 0 bridgehead atoms. The molecule has 0 saturated carbocycles. The highest BCUT2D eigenvalue weighted by Gasteiger charge is 2.29. The van der Waals surface area contributed by atoms with Crippen molar-refractivity contribution in [3.05, 3.63) is 0 Å². The lowest BCUT2D eigenvalue weighted by molar-refractivity contribution is -0.156. The zero-order chi connectivity index (χ0) is 11.2. The van der Waals surface area contributed by atoms with Gasteiger partial charge in [-0.05, 0) is 19.8 Å². The van der Waals surface area contributed by atoms with Crippen LogP contribution >= 0.6 is 0 Å². The van der Waals surface area contributed by atoms with Gasteiger partial charge in [0.15, 0.2) is 5.60 Å². The minimum atomic E-state index is -1.67. The number of aliphatic hydroxyl groups is 1. The Balaban J connectivity index is 3.95. The van der Waals surface area contributed by atoms with Crippen LogP contribution in [-0.4, -0.2) is 34.4 Å². The summed E-state index contributed by atoms with van der Waals surface area (Å²) in [4.78, 5) is 10.6. The van der Waals surface area contributed by atoms with E-state index >= 15 is 0 Å². The minimum Gasteiger partial charge on any atom is -0.479 e. The number of hydrogen-bond donors (Lipinski definition) is 3. The quantitative estimate of drug-likeness (QED) is 0.577. The normalized spacial score (nSPS) is 17.4. The Kier molecular flexibility index (Phi) is 5.72. The summed E-state index contributed by atoms with van der Waals surface area (Å²) in [5.41, 5.74) is -1.67. The lowest BCUT2D eigenvalue weighted by atomic mass is 10.1. The molecule has 14 heavy (non-hydrogen) atoms. The van der Waals surface area contributed by atoms with E-state index in [0.717, 1.165) is 19.3 Å². The van der Waals surface area contributed by atoms with Crippen molar-refractivity contribution in [1.82, 2.24) is 5.32 Å². The predicted molar refractivity (Wildman–Crippen MR) is 55.2 cm³/mol. The molecule has 3 N–H and O–H groups in total. The number of carboxylic acid groups (broad SMARTS) is 1. The van der Waals surface area contributed by atoms with Crippen molar-refractivity contribution in [2.75, 3.05) is 6.54 Å². The van der Waals surface area contributed by atoms with Crippen molar-refractivity contribution in [1.29, 1.82) is 0 Å². The monoisotopic (exact) mass is 203 g/mol. The Labute approximate surface area is 85.3 Å². The van der Waals surface area contributed by atoms with E-state index in [9.17, 15) is 9.90 Å². The third kappa shape index (κ3) is 4.58. The summed E-state index contributed by atoms with van der Waals surface area (Å²) in [6, 6.07) is 0.297. The Morgan fingerprint density at radius 2 is 2.07 bits per heavy atom. The summed E-state index contributed by atoms with van der Waals surface area (Å²) < 4.78 is 0. The maximum absolute atomic E-state index is 10.6. The number of aliphatic carboxylic acids is 1. The first-order chi connectivity index (χ1) is 6.44. The molecule has 0 aliphatic heterocycles. The molecule has 2 atom stereocenters. The zero-order valence-electron chi connectivity index (χ0n) is 9.21. The van der Waals surface area contributed by atoms with Crippen molar-refractivity contribution >= 4 is 5.97 Å². The van der Waals surface area contributed by atoms with Gasteiger partial charge in [0, 0.05) is 12.6 Å². The molecule has 0 amide bonds. The van der Waals surface area contributed by atoms with Gasteiger partial charge in [-0.2, -0.15) is 0 Å². The maximum atomic E-state index is 10.6. The first kappa shape index (κ1) is 13.4. The largest absolute Gasteiger partial charge is 0.479 e. The minimum absolute atomic E-state index is 0.0981. The number of hydrogen-bond acceptors (Lipinski definition) is 3. The van der Waals surface area contributed by atoms with Crippen LogP contribution in [0.15, 0.2) is 0 Å². The molecule has 0 aliphatic carbocycles. The fraction of sp³-hybridized carbons (Fsp3) is 0.900. The van der Waals surface area contributed by atoms with Crippen LogP contribution in [0, 0.1) is 0 Å². The summed E-state index contributed by atoms with van der Waals surface area (Å²) in [5.74, 6) is -1.18. The van der Waals surface area contributed by atoms with E-state index in [1.54, 1.807) is 0 Å². The van der Waals surface area contributed by atoms with Crippen LogP contribution in [0.5, 0.6) is 0 Å². The van der Waals surface area contributed by atoms with Crippen LogP contribution in [0.2, 0.25) is 0 Å². The Morgan fingerprint density at radius 3 is 2.43 bits per heavy atom. The van der Waals surface area contributed by atoms with E-state index in [2.05, 4.69) is 12.2 Å². The van der Waals surface area contributed by atoms with E-state index < -0.39 is 11.6 Å². The number of carbonyl (C=O) groups is 1. The molecule has 0 radical (unpaired) electrons. The van der Waals surface area contributed by atoms with E-state index in [-0.39, 0.29) is 6.54 Å². The van der Waals surface area contributed by atoms with E-state index in [0.29, 0.717) is 6.04 Å². The van der Waals surface area contributed by atoms with Crippen LogP contribution in [-0.2, 0) is 4.79 Å². The first-order valence-corrected chi connectivity index (χ1v) is 5.13. The van der Waals surface area contributed by atoms with Gasteiger partial charge in [0.05, 0.1) is 0 Å². The summed E-state index contributed by atoms with van der Waals surface area (Å²) in [7, 11) is 0. The second kappa shape index (κ2) is 5.98. The van der Waals surface area contributed by atoms with Gasteiger partial charge >= 0.3 is 5.97 Å². The molecule has 2 unspecified atom stereocenters. The summed E-state index contributed by atoms with van der Waals surface area (Å²) in [6.07, 6.45) is 3.01. The van der Waals surface area contributed by atoms with Crippen LogP contribution < -0.4 is 5.32 Å². The predicted octanol–water partition coefficient (Wildman–Crippen LogP) is 0.990. The Bertz CT molecular complexity index is 180. The van der Waals surface area contributed by atoms with Gasteiger partial charge in [0.1, 0.15) is 0 Å². The maximum Gasteiger partial charge on any atom is 0.336 e. The van der Waals surface area contributed by atoms with Gasteiger partial charge < -0.3 is 15.5 Å². The fourth-order valence-electron chi connectivity index (χ4n) is 1.22. The SMILES string of the molecule is CCCC(CC)NCC(C)(O)C(=O)O. The summed E-state index contributed by atoms with van der Waals surface area (Å²) >= 11 is 0. The number of rotatable bonds is 7. The molecular weight excluding hydrogens is 182 g/mol. The van der Waals surface area contributed by atoms with Gasteiger partial charge in [0.25, 0.3) is 0 Å². The topological polar surface area (TPSA) is 69.6 Å². The van der Waals surface area contributed by atoms with E-state index in [1.165, 1.54) is 6.92 Å². The summed E-state index contributed by atoms with van der Waals surface area (Å²) in [6.45, 7) is 5.53. The molecule has 0 fully saturated rings. The fourth-order valence-corrected chi connectivity index (χ4v) is 1.22. The lowest BCUT2D eigenvalue weighted by Crippen LogP contribution is -2.47. The molecule has 0 saturated heterocycles. The van der Waals surface area contributed by atoms with Crippen molar-refractivity contribution in [3.8, 4) is 0 Å². The molecule has 84 valence electrons. The van der Waals surface area contributed by atoms with Gasteiger partial charge in [-0.3, -0.25) is 0 Å². The van der Waals surface area contributed by atoms with Gasteiger partial charge in [-0.1, -0.05) is 20.3 Å². The average Bonchev–Trinajstić information content (AvgIpc) is 2.12. The van der Waals surface area contributed by atoms with Crippen LogP contribution in [0.3, 0.4) is 0 Å². The molecule has 0 aromatic rings. The lowest BCUT2D eigenvalue weighted by Gasteiger charge is -2.23. The van der Waals surface area contributed by atoms with Crippen LogP contribution in [0.25, 0.3) is 0 Å². The molecular formula is C10H21NO3. The van der Waals surface area contributed by atoms with Crippen molar-refractivity contribution < 1.29 is 15.0 Å². The highest BCUT2D eigenvalue weighted by Crippen LogP contribution is 2.05. The number of carboxylic acids is 1. The highest BCUT2D eigenvalue weighted by molar-refractivity contribution is 5.76. The standard InChI is InChI=1S/C10H21NO3/c1-4-6-8(5-2)11-7-10(3,14)9(12)13/h8,11,14H,4-7H2,1-3H3,(H,12,13). The van der Waals surface area contributed by atoms with Crippen molar-refractivity contribution in [2.45, 2.75) is 51.7 Å². The van der Waals surface area contributed by atoms with Crippen molar-refractivity contribution in [3.63, 3.8) is 0 Å². The molecule has 4 heteroatoms. The van der Waals surface area contributed by atoms with Gasteiger partial charge in [-0.25, -0.2) is 4.79 Å². The van der Waals surface area contributed by atoms with Crippen LogP contribution in [0.1, 0.15) is 40.0 Å². The van der Waals surface area contributed by atoms with Crippen molar-refractivity contribution in [2.24, 2.45) is 0 Å². The molecule has 0 spiro atoms.